The molecule has 0 atom stereocenters. The van der Waals surface area contributed by atoms with Crippen molar-refractivity contribution in [2.75, 3.05) is 55.7 Å². The number of carbonyl (C=O) groups is 1. The molecule has 9 heteroatoms. The summed E-state index contributed by atoms with van der Waals surface area (Å²) in [6.07, 6.45) is 5.83. The Hall–Kier alpha value is -2.55. The third-order valence-corrected chi connectivity index (χ3v) is 6.58. The fourth-order valence-corrected chi connectivity index (χ4v) is 4.93. The molecule has 30 heavy (non-hydrogen) atoms. The van der Waals surface area contributed by atoms with Crippen LogP contribution in [0.4, 0.5) is 15.8 Å². The number of hydrogen-bond donors (Lipinski definition) is 0. The fourth-order valence-electron chi connectivity index (χ4n) is 4.02. The van der Waals surface area contributed by atoms with Gasteiger partial charge >= 0.3 is 0 Å². The highest BCUT2D eigenvalue weighted by molar-refractivity contribution is 7.99. The van der Waals surface area contributed by atoms with Crippen molar-refractivity contribution >= 4 is 29.0 Å². The van der Waals surface area contributed by atoms with Gasteiger partial charge < -0.3 is 14.7 Å². The largest absolute Gasteiger partial charge is 0.369 e. The van der Waals surface area contributed by atoms with Crippen LogP contribution in [0.25, 0.3) is 0 Å². The molecule has 2 aliphatic heterocycles. The van der Waals surface area contributed by atoms with Crippen molar-refractivity contribution in [3.05, 3.63) is 64.0 Å². The zero-order valence-corrected chi connectivity index (χ0v) is 17.4. The third-order valence-electron chi connectivity index (χ3n) is 5.64. The average molecular weight is 432 g/mol. The standard InChI is InChI=1S/C21H24FN4O3S/c22-18-3-1-2-4-20(18)23-7-9-25(10-8-23)21(27)17-15-16(26(28)29)5-6-19(17)24-11-13-30-14-12-24/h1,3-6,15H,2,7-14H2. The van der Waals surface area contributed by atoms with Crippen molar-refractivity contribution in [1.29, 1.82) is 0 Å². The van der Waals surface area contributed by atoms with Gasteiger partial charge in [0.2, 0.25) is 0 Å². The van der Waals surface area contributed by atoms with Crippen molar-refractivity contribution in [2.24, 2.45) is 0 Å². The maximum atomic E-state index is 14.1. The number of nitro benzene ring substituents is 1. The number of anilines is 1. The van der Waals surface area contributed by atoms with Crippen molar-refractivity contribution in [1.82, 2.24) is 9.80 Å². The van der Waals surface area contributed by atoms with Crippen molar-refractivity contribution in [3.63, 3.8) is 0 Å². The SMILES string of the molecule is O=C(c1cc([N+](=O)[O-])ccc1N1CCSCC1)N1CCN(C2=CC[CH]C=C2F)CC1. The Morgan fingerprint density at radius 1 is 1.07 bits per heavy atom. The first-order chi connectivity index (χ1) is 14.5. The predicted octanol–water partition coefficient (Wildman–Crippen LogP) is 3.25. The van der Waals surface area contributed by atoms with Gasteiger partial charge in [0.25, 0.3) is 11.6 Å². The minimum Gasteiger partial charge on any atom is -0.369 e. The van der Waals surface area contributed by atoms with E-state index >= 15 is 0 Å². The first-order valence-electron chi connectivity index (χ1n) is 10.1. The Morgan fingerprint density at radius 2 is 1.80 bits per heavy atom. The number of benzene rings is 1. The number of non-ortho nitro benzene ring substituents is 1. The molecule has 0 saturated carbocycles. The van der Waals surface area contributed by atoms with Gasteiger partial charge in [-0.2, -0.15) is 11.8 Å². The Kier molecular flexibility index (Phi) is 6.26. The molecule has 1 radical (unpaired) electrons. The number of allylic oxidation sites excluding steroid dienone is 3. The number of piperazine rings is 1. The molecule has 1 aliphatic carbocycles. The van der Waals surface area contributed by atoms with Gasteiger partial charge in [-0.1, -0.05) is 6.08 Å². The zero-order valence-electron chi connectivity index (χ0n) is 16.6. The highest BCUT2D eigenvalue weighted by Crippen LogP contribution is 2.30. The monoisotopic (exact) mass is 431 g/mol. The lowest BCUT2D eigenvalue weighted by atomic mass is 10.1. The van der Waals surface area contributed by atoms with Crippen LogP contribution in [0.5, 0.6) is 0 Å². The Balaban J connectivity index is 1.52. The van der Waals surface area contributed by atoms with Gasteiger partial charge in [-0.05, 0) is 25.0 Å². The molecule has 2 fully saturated rings. The van der Waals surface area contributed by atoms with Gasteiger partial charge in [0.1, 0.15) is 5.83 Å². The summed E-state index contributed by atoms with van der Waals surface area (Å²) >= 11 is 1.86. The molecule has 0 bridgehead atoms. The molecular formula is C21H24FN4O3S. The molecule has 2 saturated heterocycles. The number of amides is 1. The topological polar surface area (TPSA) is 69.9 Å². The predicted molar refractivity (Wildman–Crippen MR) is 116 cm³/mol. The van der Waals surface area contributed by atoms with Crippen LogP contribution in [-0.4, -0.2) is 71.4 Å². The van der Waals surface area contributed by atoms with E-state index in [1.54, 1.807) is 17.4 Å². The maximum absolute atomic E-state index is 14.1. The number of thioether (sulfide) groups is 1. The fraction of sp³-hybridized carbons (Fsp3) is 0.429. The molecule has 3 aliphatic rings. The molecule has 2 heterocycles. The van der Waals surface area contributed by atoms with E-state index in [1.807, 2.05) is 22.7 Å². The lowest BCUT2D eigenvalue weighted by molar-refractivity contribution is -0.384. The van der Waals surface area contributed by atoms with Crippen molar-refractivity contribution in [3.8, 4) is 0 Å². The van der Waals surface area contributed by atoms with Crippen LogP contribution in [0.2, 0.25) is 0 Å². The number of halogens is 1. The van der Waals surface area contributed by atoms with Gasteiger partial charge in [-0.25, -0.2) is 4.39 Å². The van der Waals surface area contributed by atoms with Crippen LogP contribution in [0.1, 0.15) is 16.8 Å². The van der Waals surface area contributed by atoms with Crippen molar-refractivity contribution < 1.29 is 14.1 Å². The summed E-state index contributed by atoms with van der Waals surface area (Å²) in [7, 11) is 0. The van der Waals surface area contributed by atoms with E-state index < -0.39 is 4.92 Å². The van der Waals surface area contributed by atoms with Crippen LogP contribution in [0, 0.1) is 16.5 Å². The minimum absolute atomic E-state index is 0.0806. The lowest BCUT2D eigenvalue weighted by Crippen LogP contribution is -2.48. The van der Waals surface area contributed by atoms with Crippen LogP contribution in [0.3, 0.4) is 0 Å². The van der Waals surface area contributed by atoms with Crippen LogP contribution >= 0.6 is 11.8 Å². The van der Waals surface area contributed by atoms with Crippen molar-refractivity contribution in [2.45, 2.75) is 6.42 Å². The second-order valence-electron chi connectivity index (χ2n) is 7.41. The zero-order chi connectivity index (χ0) is 21.1. The molecule has 1 amide bonds. The number of hydrogen-bond acceptors (Lipinski definition) is 6. The van der Waals surface area contributed by atoms with Gasteiger partial charge in [-0.15, -0.1) is 0 Å². The molecule has 1 aromatic carbocycles. The van der Waals surface area contributed by atoms with E-state index in [1.165, 1.54) is 18.2 Å². The summed E-state index contributed by atoms with van der Waals surface area (Å²) in [5.74, 6) is 1.49. The normalized spacial score (nSPS) is 20.0. The minimum atomic E-state index is -0.466. The molecule has 7 nitrogen and oxygen atoms in total. The number of nitrogens with zero attached hydrogens (tertiary/aromatic N) is 4. The van der Waals surface area contributed by atoms with E-state index in [0.717, 1.165) is 30.3 Å². The van der Waals surface area contributed by atoms with Crippen LogP contribution in [-0.2, 0) is 0 Å². The summed E-state index contributed by atoms with van der Waals surface area (Å²) in [5.41, 5.74) is 1.64. The molecule has 1 aromatic rings. The van der Waals surface area contributed by atoms with E-state index in [9.17, 15) is 19.3 Å². The highest BCUT2D eigenvalue weighted by Gasteiger charge is 2.29. The molecule has 0 N–H and O–H groups in total. The maximum Gasteiger partial charge on any atom is 0.270 e. The Bertz CT molecular complexity index is 890. The molecule has 159 valence electrons. The second kappa shape index (κ2) is 9.07. The van der Waals surface area contributed by atoms with Gasteiger partial charge in [0.15, 0.2) is 0 Å². The summed E-state index contributed by atoms with van der Waals surface area (Å²) in [6, 6.07) is 4.56. The molecule has 0 spiro atoms. The number of nitro groups is 1. The highest BCUT2D eigenvalue weighted by atomic mass is 32.2. The number of rotatable bonds is 4. The molecule has 0 aromatic heterocycles. The number of carbonyl (C=O) groups excluding carboxylic acids is 1. The Morgan fingerprint density at radius 3 is 2.47 bits per heavy atom. The Labute approximate surface area is 179 Å². The van der Waals surface area contributed by atoms with Crippen LogP contribution < -0.4 is 4.90 Å². The first kappa shape index (κ1) is 20.7. The van der Waals surface area contributed by atoms with Gasteiger partial charge in [0.05, 0.1) is 21.9 Å². The quantitative estimate of drug-likeness (QED) is 0.538. The summed E-state index contributed by atoms with van der Waals surface area (Å²) in [5, 5.41) is 11.3. The third kappa shape index (κ3) is 4.30. The second-order valence-corrected chi connectivity index (χ2v) is 8.64. The van der Waals surface area contributed by atoms with Gasteiger partial charge in [0, 0.05) is 62.9 Å². The van der Waals surface area contributed by atoms with E-state index in [-0.39, 0.29) is 17.4 Å². The van der Waals surface area contributed by atoms with E-state index in [2.05, 4.69) is 4.90 Å². The molecule has 0 unspecified atom stereocenters. The summed E-state index contributed by atoms with van der Waals surface area (Å²) in [4.78, 5) is 30.0. The summed E-state index contributed by atoms with van der Waals surface area (Å²) in [6.45, 7) is 3.59. The molecular weight excluding hydrogens is 407 g/mol. The molecule has 4 rings (SSSR count). The smallest absolute Gasteiger partial charge is 0.270 e. The lowest BCUT2D eigenvalue weighted by Gasteiger charge is -2.38. The van der Waals surface area contributed by atoms with Gasteiger partial charge in [-0.3, -0.25) is 14.9 Å². The van der Waals surface area contributed by atoms with E-state index in [0.29, 0.717) is 43.9 Å². The van der Waals surface area contributed by atoms with E-state index in [4.69, 9.17) is 0 Å². The summed E-state index contributed by atoms with van der Waals surface area (Å²) < 4.78 is 14.1. The average Bonchev–Trinajstić information content (AvgIpc) is 2.79. The first-order valence-corrected chi connectivity index (χ1v) is 11.2. The van der Waals surface area contributed by atoms with Crippen LogP contribution in [0.15, 0.2) is 41.9 Å².